The first-order valence-corrected chi connectivity index (χ1v) is 13.3. The highest BCUT2D eigenvalue weighted by Gasteiger charge is 2.45. The fourth-order valence-electron chi connectivity index (χ4n) is 4.48. The van der Waals surface area contributed by atoms with Gasteiger partial charge in [-0.1, -0.05) is 48.5 Å². The van der Waals surface area contributed by atoms with Gasteiger partial charge in [0.1, 0.15) is 11.5 Å². The van der Waals surface area contributed by atoms with E-state index in [1.54, 1.807) is 17.6 Å². The quantitative estimate of drug-likeness (QED) is 0.312. The predicted molar refractivity (Wildman–Crippen MR) is 140 cm³/mol. The average Bonchev–Trinajstić information content (AvgIpc) is 2.89. The number of carbonyl (C=O) groups is 1. The smallest absolute Gasteiger partial charge is 0.250 e. The molecule has 0 spiro atoms. The lowest BCUT2D eigenvalue weighted by Crippen LogP contribution is -2.51. The topological polar surface area (TPSA) is 95.9 Å². The molecule has 1 heterocycles. The van der Waals surface area contributed by atoms with Crippen LogP contribution < -0.4 is 10.2 Å². The van der Waals surface area contributed by atoms with E-state index in [0.717, 1.165) is 13.0 Å². The molecule has 1 amide bonds. The highest BCUT2D eigenvalue weighted by atomic mass is 35.5. The summed E-state index contributed by atoms with van der Waals surface area (Å²) < 4.78 is 32.3. The van der Waals surface area contributed by atoms with Crippen LogP contribution >= 0.6 is 12.4 Å². The van der Waals surface area contributed by atoms with Gasteiger partial charge in [-0.15, -0.1) is 12.4 Å². The maximum atomic E-state index is 13.3. The Balaban J connectivity index is 0.00000361. The van der Waals surface area contributed by atoms with Crippen molar-refractivity contribution in [3.63, 3.8) is 0 Å². The van der Waals surface area contributed by atoms with Crippen molar-refractivity contribution in [3.05, 3.63) is 90.5 Å². The zero-order valence-electron chi connectivity index (χ0n) is 19.9. The van der Waals surface area contributed by atoms with Gasteiger partial charge in [-0.25, -0.2) is 13.9 Å². The van der Waals surface area contributed by atoms with E-state index in [1.807, 2.05) is 48.5 Å². The molecule has 1 fully saturated rings. The van der Waals surface area contributed by atoms with E-state index in [9.17, 15) is 18.4 Å². The van der Waals surface area contributed by atoms with Gasteiger partial charge >= 0.3 is 0 Å². The van der Waals surface area contributed by atoms with Gasteiger partial charge in [0.25, 0.3) is 5.91 Å². The second kappa shape index (κ2) is 12.4. The van der Waals surface area contributed by atoms with Gasteiger partial charge in [0.15, 0.2) is 9.84 Å². The number of ether oxygens (including phenoxy) is 1. The molecule has 0 radical (unpaired) electrons. The normalized spacial score (nSPS) is 15.5. The number of rotatable bonds is 9. The van der Waals surface area contributed by atoms with Crippen molar-refractivity contribution >= 4 is 28.2 Å². The molecule has 3 aromatic rings. The third-order valence-electron chi connectivity index (χ3n) is 6.58. The Kier molecular flexibility index (Phi) is 9.50. The van der Waals surface area contributed by atoms with E-state index in [2.05, 4.69) is 17.0 Å². The van der Waals surface area contributed by atoms with E-state index in [4.69, 9.17) is 4.74 Å². The van der Waals surface area contributed by atoms with Crippen LogP contribution in [-0.4, -0.2) is 49.8 Å². The Morgan fingerprint density at radius 1 is 0.889 bits per heavy atom. The van der Waals surface area contributed by atoms with Crippen molar-refractivity contribution in [2.75, 3.05) is 25.4 Å². The molecule has 0 unspecified atom stereocenters. The highest BCUT2D eigenvalue weighted by molar-refractivity contribution is 7.91. The van der Waals surface area contributed by atoms with Crippen LogP contribution in [0.25, 0.3) is 0 Å². The zero-order chi connectivity index (χ0) is 24.7. The number of hydrogen-bond acceptors (Lipinski definition) is 6. The molecule has 2 N–H and O–H groups in total. The maximum absolute atomic E-state index is 13.3. The number of sulfone groups is 1. The number of likely N-dealkylation sites (tertiary alicyclic amines) is 1. The van der Waals surface area contributed by atoms with E-state index in [0.29, 0.717) is 37.4 Å². The van der Waals surface area contributed by atoms with E-state index in [-0.39, 0.29) is 23.1 Å². The van der Waals surface area contributed by atoms with Crippen LogP contribution in [-0.2, 0) is 21.1 Å². The van der Waals surface area contributed by atoms with Gasteiger partial charge in [0.2, 0.25) is 0 Å². The second-order valence-corrected chi connectivity index (χ2v) is 10.9. The standard InChI is InChI=1S/C27H30N2O5S.ClH/c30-26(28-31)27(16-19-29(20-17-27)18-15-22-7-3-1-4-8-22)21-35(32,33)25-13-11-24(12-14-25)34-23-9-5-2-6-10-23;/h1-14,31H,15-21H2,(H,28,30);1H. The molecule has 0 atom stereocenters. The molecule has 1 aliphatic rings. The van der Waals surface area contributed by atoms with Crippen LogP contribution in [0.5, 0.6) is 11.5 Å². The molecular weight excluding hydrogens is 500 g/mol. The fraction of sp³-hybridized carbons (Fsp3) is 0.296. The molecule has 0 aromatic heterocycles. The number of hydroxylamine groups is 1. The number of benzene rings is 3. The second-order valence-electron chi connectivity index (χ2n) is 8.94. The number of piperidine rings is 1. The molecule has 3 aromatic carbocycles. The van der Waals surface area contributed by atoms with Gasteiger partial charge in [-0.3, -0.25) is 10.0 Å². The lowest BCUT2D eigenvalue weighted by Gasteiger charge is -2.39. The molecule has 36 heavy (non-hydrogen) atoms. The molecular formula is C27H31ClN2O5S. The first-order valence-electron chi connectivity index (χ1n) is 11.7. The van der Waals surface area contributed by atoms with Crippen LogP contribution in [0.3, 0.4) is 0 Å². The van der Waals surface area contributed by atoms with Gasteiger partial charge < -0.3 is 9.64 Å². The third kappa shape index (κ3) is 6.85. The van der Waals surface area contributed by atoms with Crippen molar-refractivity contribution in [2.45, 2.75) is 24.2 Å². The molecule has 0 saturated carbocycles. The summed E-state index contributed by atoms with van der Waals surface area (Å²) in [5, 5.41) is 9.39. The van der Waals surface area contributed by atoms with E-state index >= 15 is 0 Å². The summed E-state index contributed by atoms with van der Waals surface area (Å²) in [7, 11) is -3.78. The summed E-state index contributed by atoms with van der Waals surface area (Å²) in [5.74, 6) is 0.163. The Morgan fingerprint density at radius 3 is 2.03 bits per heavy atom. The average molecular weight is 531 g/mol. The van der Waals surface area contributed by atoms with Crippen LogP contribution in [0, 0.1) is 5.41 Å². The first kappa shape index (κ1) is 27.7. The molecule has 0 aliphatic carbocycles. The molecule has 192 valence electrons. The number of hydrogen-bond donors (Lipinski definition) is 2. The summed E-state index contributed by atoms with van der Waals surface area (Å²) in [6.07, 6.45) is 1.58. The largest absolute Gasteiger partial charge is 0.457 e. The number of para-hydroxylation sites is 1. The lowest BCUT2D eigenvalue weighted by atomic mass is 9.79. The lowest BCUT2D eigenvalue weighted by molar-refractivity contribution is -0.141. The van der Waals surface area contributed by atoms with Crippen LogP contribution in [0.1, 0.15) is 18.4 Å². The highest BCUT2D eigenvalue weighted by Crippen LogP contribution is 2.36. The molecule has 0 bridgehead atoms. The third-order valence-corrected chi connectivity index (χ3v) is 8.51. The summed E-state index contributed by atoms with van der Waals surface area (Å²) in [6.45, 7) is 2.00. The minimum Gasteiger partial charge on any atom is -0.457 e. The molecule has 1 aliphatic heterocycles. The van der Waals surface area contributed by atoms with Gasteiger partial charge in [-0.2, -0.15) is 0 Å². The van der Waals surface area contributed by atoms with Gasteiger partial charge in [0, 0.05) is 6.54 Å². The summed E-state index contributed by atoms with van der Waals surface area (Å²) in [4.78, 5) is 15.0. The monoisotopic (exact) mass is 530 g/mol. The number of nitrogens with zero attached hydrogens (tertiary/aromatic N) is 1. The van der Waals surface area contributed by atoms with Crippen molar-refractivity contribution in [1.29, 1.82) is 0 Å². The minimum atomic E-state index is -3.78. The van der Waals surface area contributed by atoms with Crippen LogP contribution in [0.2, 0.25) is 0 Å². The van der Waals surface area contributed by atoms with Crippen molar-refractivity contribution in [2.24, 2.45) is 5.41 Å². The first-order chi connectivity index (χ1) is 16.9. The minimum absolute atomic E-state index is 0. The SMILES string of the molecule is Cl.O=C(NO)C1(CS(=O)(=O)c2ccc(Oc3ccccc3)cc2)CCN(CCc2ccccc2)CC1. The summed E-state index contributed by atoms with van der Waals surface area (Å²) >= 11 is 0. The van der Waals surface area contributed by atoms with Crippen molar-refractivity contribution < 1.29 is 23.2 Å². The predicted octanol–water partition coefficient (Wildman–Crippen LogP) is 4.50. The number of carbonyl (C=O) groups excluding carboxylic acids is 1. The van der Waals surface area contributed by atoms with E-state index < -0.39 is 21.2 Å². The fourth-order valence-corrected chi connectivity index (χ4v) is 6.34. The van der Waals surface area contributed by atoms with Crippen molar-refractivity contribution in [3.8, 4) is 11.5 Å². The Hall–Kier alpha value is -2.91. The van der Waals surface area contributed by atoms with Gasteiger partial charge in [0.05, 0.1) is 16.1 Å². The number of halogens is 1. The Labute approximate surface area is 218 Å². The van der Waals surface area contributed by atoms with Gasteiger partial charge in [-0.05, 0) is 74.3 Å². The molecule has 9 heteroatoms. The summed E-state index contributed by atoms with van der Waals surface area (Å²) in [6, 6.07) is 25.6. The number of amides is 1. The number of nitrogens with one attached hydrogen (secondary N) is 1. The molecule has 7 nitrogen and oxygen atoms in total. The molecule has 1 saturated heterocycles. The van der Waals surface area contributed by atoms with Crippen LogP contribution in [0.4, 0.5) is 0 Å². The Morgan fingerprint density at radius 2 is 1.44 bits per heavy atom. The van der Waals surface area contributed by atoms with E-state index in [1.165, 1.54) is 17.7 Å². The molecule has 4 rings (SSSR count). The summed E-state index contributed by atoms with van der Waals surface area (Å²) in [5.41, 5.74) is 1.77. The van der Waals surface area contributed by atoms with Crippen molar-refractivity contribution in [1.82, 2.24) is 10.4 Å². The maximum Gasteiger partial charge on any atom is 0.250 e. The zero-order valence-corrected chi connectivity index (χ0v) is 21.5. The Bertz CT molecular complexity index is 1210. The van der Waals surface area contributed by atoms with Crippen LogP contribution in [0.15, 0.2) is 89.8 Å².